The Hall–Kier alpha value is -4.08. The van der Waals surface area contributed by atoms with Crippen molar-refractivity contribution in [1.29, 1.82) is 0 Å². The van der Waals surface area contributed by atoms with Crippen molar-refractivity contribution in [2.75, 3.05) is 18.5 Å². The number of benzene rings is 2. The lowest BCUT2D eigenvalue weighted by Gasteiger charge is -2.11. The van der Waals surface area contributed by atoms with Gasteiger partial charge in [0.1, 0.15) is 6.33 Å². The number of anilines is 1. The number of nitrogens with zero attached hydrogens (tertiary/aromatic N) is 4. The molecular weight excluding hydrogens is 378 g/mol. The summed E-state index contributed by atoms with van der Waals surface area (Å²) >= 11 is 0. The van der Waals surface area contributed by atoms with E-state index >= 15 is 0 Å². The van der Waals surface area contributed by atoms with Crippen LogP contribution in [0.3, 0.4) is 0 Å². The number of tetrazole rings is 1. The predicted molar refractivity (Wildman–Crippen MR) is 100 cm³/mol. The first-order chi connectivity index (χ1) is 14.1. The molecule has 0 radical (unpaired) electrons. The van der Waals surface area contributed by atoms with Crippen LogP contribution in [0.2, 0.25) is 0 Å². The van der Waals surface area contributed by atoms with Gasteiger partial charge in [-0.15, -0.1) is 5.10 Å². The van der Waals surface area contributed by atoms with Gasteiger partial charge in [0.15, 0.2) is 6.61 Å². The van der Waals surface area contributed by atoms with Crippen molar-refractivity contribution in [3.8, 4) is 5.69 Å². The quantitative estimate of drug-likeness (QED) is 0.599. The molecule has 0 saturated carbocycles. The van der Waals surface area contributed by atoms with Gasteiger partial charge < -0.3 is 14.8 Å². The predicted octanol–water partition coefficient (Wildman–Crippen LogP) is 1.63. The minimum atomic E-state index is -0.686. The number of hydrogen-bond acceptors (Lipinski definition) is 8. The van der Waals surface area contributed by atoms with Crippen molar-refractivity contribution in [2.24, 2.45) is 0 Å². The van der Waals surface area contributed by atoms with Gasteiger partial charge in [-0.2, -0.15) is 0 Å². The summed E-state index contributed by atoms with van der Waals surface area (Å²) in [4.78, 5) is 36.4. The highest BCUT2D eigenvalue weighted by Gasteiger charge is 2.16. The van der Waals surface area contributed by atoms with Crippen LogP contribution in [0, 0.1) is 0 Å². The van der Waals surface area contributed by atoms with Gasteiger partial charge in [0, 0.05) is 0 Å². The number of rotatable bonds is 7. The van der Waals surface area contributed by atoms with Crippen LogP contribution in [0.15, 0.2) is 54.9 Å². The minimum Gasteiger partial charge on any atom is -0.462 e. The smallest absolute Gasteiger partial charge is 0.340 e. The zero-order valence-electron chi connectivity index (χ0n) is 15.4. The van der Waals surface area contributed by atoms with E-state index in [1.165, 1.54) is 23.1 Å². The number of amides is 1. The van der Waals surface area contributed by atoms with Crippen molar-refractivity contribution in [1.82, 2.24) is 20.2 Å². The summed E-state index contributed by atoms with van der Waals surface area (Å²) in [5, 5.41) is 13.4. The second-order valence-electron chi connectivity index (χ2n) is 5.70. The fourth-order valence-corrected chi connectivity index (χ4v) is 2.43. The standard InChI is InChI=1S/C19H17N5O5/c1-2-28-19(27)15-8-3-4-9-16(15)21-17(25)11-29-18(26)13-6-5-7-14(10-13)24-12-20-22-23-24/h3-10,12H,2,11H2,1H3,(H,21,25). The van der Waals surface area contributed by atoms with Gasteiger partial charge in [0.05, 0.1) is 29.1 Å². The number of nitrogens with one attached hydrogen (secondary N) is 1. The molecule has 0 aliphatic rings. The molecule has 10 nitrogen and oxygen atoms in total. The number of ether oxygens (including phenoxy) is 2. The molecule has 148 valence electrons. The summed E-state index contributed by atoms with van der Waals surface area (Å²) in [7, 11) is 0. The summed E-state index contributed by atoms with van der Waals surface area (Å²) in [6, 6.07) is 12.8. The highest BCUT2D eigenvalue weighted by atomic mass is 16.5. The van der Waals surface area contributed by atoms with Crippen molar-refractivity contribution in [3.63, 3.8) is 0 Å². The van der Waals surface area contributed by atoms with E-state index in [-0.39, 0.29) is 23.4 Å². The van der Waals surface area contributed by atoms with Crippen LogP contribution in [0.4, 0.5) is 5.69 Å². The number of hydrogen-bond donors (Lipinski definition) is 1. The zero-order chi connectivity index (χ0) is 20.6. The average Bonchev–Trinajstić information content (AvgIpc) is 3.28. The SMILES string of the molecule is CCOC(=O)c1ccccc1NC(=O)COC(=O)c1cccc(-n2cnnn2)c1. The van der Waals surface area contributed by atoms with Gasteiger partial charge in [-0.1, -0.05) is 18.2 Å². The lowest BCUT2D eigenvalue weighted by molar-refractivity contribution is -0.119. The molecule has 0 atom stereocenters. The Labute approximate surface area is 165 Å². The van der Waals surface area contributed by atoms with Gasteiger partial charge >= 0.3 is 11.9 Å². The fourth-order valence-electron chi connectivity index (χ4n) is 2.43. The summed E-state index contributed by atoms with van der Waals surface area (Å²) < 4.78 is 11.4. The Balaban J connectivity index is 1.61. The number of carbonyl (C=O) groups is 3. The summed E-state index contributed by atoms with van der Waals surface area (Å²) in [6.45, 7) is 1.38. The Bertz CT molecular complexity index is 1020. The highest BCUT2D eigenvalue weighted by molar-refractivity contribution is 6.02. The number of esters is 2. The minimum absolute atomic E-state index is 0.211. The molecule has 29 heavy (non-hydrogen) atoms. The van der Waals surface area contributed by atoms with Crippen molar-refractivity contribution in [3.05, 3.63) is 66.0 Å². The van der Waals surface area contributed by atoms with Crippen LogP contribution in [0.5, 0.6) is 0 Å². The maximum Gasteiger partial charge on any atom is 0.340 e. The number of aromatic nitrogens is 4. The van der Waals surface area contributed by atoms with E-state index in [2.05, 4.69) is 20.8 Å². The molecule has 3 aromatic rings. The zero-order valence-corrected chi connectivity index (χ0v) is 15.4. The first-order valence-electron chi connectivity index (χ1n) is 8.65. The molecule has 2 aromatic carbocycles. The van der Waals surface area contributed by atoms with Crippen molar-refractivity contribution >= 4 is 23.5 Å². The van der Waals surface area contributed by atoms with Crippen molar-refractivity contribution < 1.29 is 23.9 Å². The van der Waals surface area contributed by atoms with Crippen LogP contribution in [0.1, 0.15) is 27.6 Å². The first-order valence-corrected chi connectivity index (χ1v) is 8.65. The molecule has 0 spiro atoms. The van der Waals surface area contributed by atoms with Crippen LogP contribution < -0.4 is 5.32 Å². The highest BCUT2D eigenvalue weighted by Crippen LogP contribution is 2.16. The number of para-hydroxylation sites is 1. The summed E-state index contributed by atoms with van der Waals surface area (Å²) in [6.07, 6.45) is 1.39. The molecule has 0 fully saturated rings. The third-order valence-corrected chi connectivity index (χ3v) is 3.73. The maximum absolute atomic E-state index is 12.2. The molecular formula is C19H17N5O5. The molecule has 1 N–H and O–H groups in total. The molecule has 0 bridgehead atoms. The second-order valence-corrected chi connectivity index (χ2v) is 5.70. The monoisotopic (exact) mass is 395 g/mol. The topological polar surface area (TPSA) is 125 Å². The molecule has 1 amide bonds. The van der Waals surface area contributed by atoms with E-state index in [4.69, 9.17) is 9.47 Å². The lowest BCUT2D eigenvalue weighted by atomic mass is 10.2. The number of carbonyl (C=O) groups excluding carboxylic acids is 3. The molecule has 1 heterocycles. The van der Waals surface area contributed by atoms with E-state index in [1.807, 2.05) is 0 Å². The van der Waals surface area contributed by atoms with Crippen LogP contribution in [-0.2, 0) is 14.3 Å². The van der Waals surface area contributed by atoms with Crippen LogP contribution in [-0.4, -0.2) is 51.3 Å². The van der Waals surface area contributed by atoms with Gasteiger partial charge in [-0.25, -0.2) is 14.3 Å². The third-order valence-electron chi connectivity index (χ3n) is 3.73. The molecule has 1 aromatic heterocycles. The lowest BCUT2D eigenvalue weighted by Crippen LogP contribution is -2.22. The van der Waals surface area contributed by atoms with E-state index in [0.717, 1.165) is 0 Å². The molecule has 10 heteroatoms. The molecule has 0 saturated heterocycles. The van der Waals surface area contributed by atoms with Gasteiger partial charge in [0.25, 0.3) is 5.91 Å². The first kappa shape index (κ1) is 19.7. The summed E-state index contributed by atoms with van der Waals surface area (Å²) in [5.74, 6) is -1.83. The van der Waals surface area contributed by atoms with Crippen LogP contribution >= 0.6 is 0 Å². The van der Waals surface area contributed by atoms with Gasteiger partial charge in [0.2, 0.25) is 0 Å². The Morgan fingerprint density at radius 2 is 1.86 bits per heavy atom. The van der Waals surface area contributed by atoms with Crippen LogP contribution in [0.25, 0.3) is 5.69 Å². The van der Waals surface area contributed by atoms with E-state index in [0.29, 0.717) is 5.69 Å². The van der Waals surface area contributed by atoms with Crippen molar-refractivity contribution in [2.45, 2.75) is 6.92 Å². The average molecular weight is 395 g/mol. The Kier molecular flexibility index (Phi) is 6.25. The Morgan fingerprint density at radius 3 is 2.62 bits per heavy atom. The summed E-state index contributed by atoms with van der Waals surface area (Å²) in [5.41, 5.74) is 1.28. The molecule has 3 rings (SSSR count). The molecule has 0 aliphatic heterocycles. The molecule has 0 aliphatic carbocycles. The largest absolute Gasteiger partial charge is 0.462 e. The van der Waals surface area contributed by atoms with E-state index in [9.17, 15) is 14.4 Å². The second kappa shape index (κ2) is 9.22. The van der Waals surface area contributed by atoms with E-state index in [1.54, 1.807) is 43.3 Å². The fraction of sp³-hybridized carbons (Fsp3) is 0.158. The van der Waals surface area contributed by atoms with E-state index < -0.39 is 24.5 Å². The van der Waals surface area contributed by atoms with Gasteiger partial charge in [-0.05, 0) is 47.7 Å². The third kappa shape index (κ3) is 5.01. The maximum atomic E-state index is 12.2. The van der Waals surface area contributed by atoms with Gasteiger partial charge in [-0.3, -0.25) is 4.79 Å². The normalized spacial score (nSPS) is 10.2. The Morgan fingerprint density at radius 1 is 1.03 bits per heavy atom. The molecule has 0 unspecified atom stereocenters.